The standard InChI is InChI=1S/C15H18N2O3S2/c1-2-16-11-14(15(21)12-5-3-4-6-13(12)16)22(18,19)17-7-9-20-10-8-17/h3-6,11H,2,7-10H2,1H3. The lowest BCUT2D eigenvalue weighted by molar-refractivity contribution is 0.0730. The molecule has 1 saturated heterocycles. The molecular weight excluding hydrogens is 320 g/mol. The normalized spacial score (nSPS) is 17.0. The Hall–Kier alpha value is -1.28. The van der Waals surface area contributed by atoms with Gasteiger partial charge in [-0.25, -0.2) is 8.42 Å². The number of benzene rings is 1. The minimum Gasteiger partial charge on any atom is -0.379 e. The van der Waals surface area contributed by atoms with Crippen molar-refractivity contribution in [1.29, 1.82) is 0 Å². The number of ether oxygens (including phenoxy) is 1. The van der Waals surface area contributed by atoms with Gasteiger partial charge < -0.3 is 9.30 Å². The maximum Gasteiger partial charge on any atom is 0.246 e. The Morgan fingerprint density at radius 2 is 1.91 bits per heavy atom. The molecule has 1 aliphatic rings. The van der Waals surface area contributed by atoms with E-state index in [4.69, 9.17) is 17.0 Å². The zero-order valence-corrected chi connectivity index (χ0v) is 14.0. The van der Waals surface area contributed by atoms with E-state index in [1.165, 1.54) is 4.31 Å². The van der Waals surface area contributed by atoms with E-state index >= 15 is 0 Å². The predicted octanol–water partition coefficient (Wildman–Crippen LogP) is 2.41. The fourth-order valence-corrected chi connectivity index (χ4v) is 4.74. The van der Waals surface area contributed by atoms with Crippen LogP contribution < -0.4 is 0 Å². The Morgan fingerprint density at radius 1 is 1.23 bits per heavy atom. The highest BCUT2D eigenvalue weighted by Crippen LogP contribution is 2.25. The molecule has 0 aliphatic carbocycles. The summed E-state index contributed by atoms with van der Waals surface area (Å²) in [6.45, 7) is 4.26. The van der Waals surface area contributed by atoms with Gasteiger partial charge >= 0.3 is 0 Å². The number of hydrogen-bond acceptors (Lipinski definition) is 4. The monoisotopic (exact) mass is 338 g/mol. The molecule has 22 heavy (non-hydrogen) atoms. The van der Waals surface area contributed by atoms with Crippen molar-refractivity contribution in [2.45, 2.75) is 18.4 Å². The lowest BCUT2D eigenvalue weighted by Gasteiger charge is -2.26. The van der Waals surface area contributed by atoms with Gasteiger partial charge in [0, 0.05) is 36.7 Å². The summed E-state index contributed by atoms with van der Waals surface area (Å²) in [5, 5.41) is 0.800. The van der Waals surface area contributed by atoms with Crippen molar-refractivity contribution in [2.75, 3.05) is 26.3 Å². The van der Waals surface area contributed by atoms with Crippen LogP contribution in [0.2, 0.25) is 0 Å². The van der Waals surface area contributed by atoms with Crippen LogP contribution in [-0.2, 0) is 21.3 Å². The van der Waals surface area contributed by atoms with Gasteiger partial charge in [-0.05, 0) is 13.0 Å². The summed E-state index contributed by atoms with van der Waals surface area (Å²) in [7, 11) is -3.59. The summed E-state index contributed by atoms with van der Waals surface area (Å²) in [5.41, 5.74) is 0.955. The highest BCUT2D eigenvalue weighted by Gasteiger charge is 2.28. The summed E-state index contributed by atoms with van der Waals surface area (Å²) < 4.78 is 34.8. The first kappa shape index (κ1) is 15.6. The maximum atomic E-state index is 12.9. The van der Waals surface area contributed by atoms with Crippen molar-refractivity contribution in [1.82, 2.24) is 8.87 Å². The molecule has 3 rings (SSSR count). The van der Waals surface area contributed by atoms with E-state index in [1.807, 2.05) is 35.8 Å². The molecule has 118 valence electrons. The number of rotatable bonds is 3. The molecule has 7 heteroatoms. The van der Waals surface area contributed by atoms with Gasteiger partial charge in [-0.2, -0.15) is 4.31 Å². The molecule has 1 aliphatic heterocycles. The predicted molar refractivity (Wildman–Crippen MR) is 88.0 cm³/mol. The average Bonchev–Trinajstić information content (AvgIpc) is 2.56. The van der Waals surface area contributed by atoms with Crippen molar-refractivity contribution < 1.29 is 13.2 Å². The van der Waals surface area contributed by atoms with E-state index in [0.717, 1.165) is 10.9 Å². The summed E-state index contributed by atoms with van der Waals surface area (Å²) in [5.74, 6) is 0. The van der Waals surface area contributed by atoms with Crippen molar-refractivity contribution in [3.05, 3.63) is 35.0 Å². The number of morpholine rings is 1. The minimum absolute atomic E-state index is 0.213. The highest BCUT2D eigenvalue weighted by atomic mass is 32.2. The summed E-state index contributed by atoms with van der Waals surface area (Å²) in [6, 6.07) is 7.64. The van der Waals surface area contributed by atoms with Crippen LogP contribution in [0.15, 0.2) is 35.4 Å². The fraction of sp³-hybridized carbons (Fsp3) is 0.400. The fourth-order valence-electron chi connectivity index (χ4n) is 2.69. The van der Waals surface area contributed by atoms with Crippen molar-refractivity contribution in [3.8, 4) is 0 Å². The molecule has 1 aromatic carbocycles. The SMILES string of the molecule is CCn1cc(S(=O)(=O)N2CCOCC2)c(=S)c2ccccc21. The van der Waals surface area contributed by atoms with Crippen LogP contribution >= 0.6 is 12.2 Å². The number of para-hydroxylation sites is 1. The van der Waals surface area contributed by atoms with Crippen LogP contribution in [-0.4, -0.2) is 43.6 Å². The Bertz CT molecular complexity index is 853. The third-order valence-electron chi connectivity index (χ3n) is 3.88. The van der Waals surface area contributed by atoms with Crippen LogP contribution in [0.3, 0.4) is 0 Å². The maximum absolute atomic E-state index is 12.9. The quantitative estimate of drug-likeness (QED) is 0.807. The van der Waals surface area contributed by atoms with Gasteiger partial charge in [-0.1, -0.05) is 30.4 Å². The molecule has 2 aromatic rings. The van der Waals surface area contributed by atoms with E-state index in [-0.39, 0.29) is 4.90 Å². The second kappa shape index (κ2) is 6.08. The molecule has 1 fully saturated rings. The zero-order chi connectivity index (χ0) is 15.7. The van der Waals surface area contributed by atoms with Crippen molar-refractivity contribution >= 4 is 33.1 Å². The van der Waals surface area contributed by atoms with Gasteiger partial charge in [0.2, 0.25) is 10.0 Å². The van der Waals surface area contributed by atoms with Crippen molar-refractivity contribution in [2.24, 2.45) is 0 Å². The third-order valence-corrected chi connectivity index (χ3v) is 6.36. The molecule has 0 unspecified atom stereocenters. The molecule has 2 heterocycles. The Balaban J connectivity index is 2.22. The lowest BCUT2D eigenvalue weighted by Crippen LogP contribution is -2.40. The Labute approximate surface area is 135 Å². The zero-order valence-electron chi connectivity index (χ0n) is 12.4. The minimum atomic E-state index is -3.59. The number of nitrogens with zero attached hydrogens (tertiary/aromatic N) is 2. The average molecular weight is 338 g/mol. The van der Waals surface area contributed by atoms with Gasteiger partial charge in [0.05, 0.1) is 17.7 Å². The second-order valence-corrected chi connectivity index (χ2v) is 7.46. The molecule has 0 radical (unpaired) electrons. The summed E-state index contributed by atoms with van der Waals surface area (Å²) >= 11 is 5.47. The number of fused-ring (bicyclic) bond motifs is 1. The van der Waals surface area contributed by atoms with Crippen LogP contribution in [0, 0.1) is 4.51 Å². The molecule has 0 spiro atoms. The van der Waals surface area contributed by atoms with Gasteiger partial charge in [0.1, 0.15) is 4.90 Å². The first-order valence-electron chi connectivity index (χ1n) is 7.26. The molecular formula is C15H18N2O3S2. The molecule has 0 N–H and O–H groups in total. The molecule has 0 saturated carbocycles. The van der Waals surface area contributed by atoms with E-state index in [2.05, 4.69) is 0 Å². The van der Waals surface area contributed by atoms with Gasteiger partial charge in [0.25, 0.3) is 0 Å². The van der Waals surface area contributed by atoms with Crippen LogP contribution in [0.5, 0.6) is 0 Å². The molecule has 5 nitrogen and oxygen atoms in total. The van der Waals surface area contributed by atoms with Gasteiger partial charge in [-0.3, -0.25) is 0 Å². The summed E-state index contributed by atoms with van der Waals surface area (Å²) in [4.78, 5) is 0.213. The van der Waals surface area contributed by atoms with Gasteiger partial charge in [-0.15, -0.1) is 0 Å². The first-order chi connectivity index (χ1) is 10.6. The lowest BCUT2D eigenvalue weighted by atomic mass is 10.2. The van der Waals surface area contributed by atoms with E-state index < -0.39 is 10.0 Å². The molecule has 0 bridgehead atoms. The van der Waals surface area contributed by atoms with E-state index in [1.54, 1.807) is 6.20 Å². The van der Waals surface area contributed by atoms with Crippen LogP contribution in [0.1, 0.15) is 6.92 Å². The third kappa shape index (κ3) is 2.58. The number of sulfonamides is 1. The van der Waals surface area contributed by atoms with Crippen molar-refractivity contribution in [3.63, 3.8) is 0 Å². The Morgan fingerprint density at radius 3 is 2.59 bits per heavy atom. The van der Waals surface area contributed by atoms with E-state index in [9.17, 15) is 8.42 Å². The number of hydrogen-bond donors (Lipinski definition) is 0. The van der Waals surface area contributed by atoms with Gasteiger partial charge in [0.15, 0.2) is 0 Å². The number of aryl methyl sites for hydroxylation is 1. The van der Waals surface area contributed by atoms with E-state index in [0.29, 0.717) is 37.4 Å². The molecule has 1 aromatic heterocycles. The highest BCUT2D eigenvalue weighted by molar-refractivity contribution is 7.89. The summed E-state index contributed by atoms with van der Waals surface area (Å²) in [6.07, 6.45) is 1.66. The molecule has 0 atom stereocenters. The molecule has 0 amide bonds. The largest absolute Gasteiger partial charge is 0.379 e. The number of aromatic nitrogens is 1. The second-order valence-electron chi connectivity index (χ2n) is 5.14. The first-order valence-corrected chi connectivity index (χ1v) is 9.10. The topological polar surface area (TPSA) is 51.5 Å². The van der Waals surface area contributed by atoms with Crippen LogP contribution in [0.4, 0.5) is 0 Å². The number of pyridine rings is 1. The van der Waals surface area contributed by atoms with Crippen LogP contribution in [0.25, 0.3) is 10.9 Å². The Kier molecular flexibility index (Phi) is 4.31. The smallest absolute Gasteiger partial charge is 0.246 e.